The van der Waals surface area contributed by atoms with Crippen LogP contribution >= 0.6 is 11.3 Å². The Balaban J connectivity index is 1.85. The highest BCUT2D eigenvalue weighted by atomic mass is 32.1. The molecular formula is C17H13N5OS. The number of amides is 1. The molecule has 24 heavy (non-hydrogen) atoms. The van der Waals surface area contributed by atoms with Gasteiger partial charge in [0.2, 0.25) is 0 Å². The maximum Gasteiger partial charge on any atom is 0.251 e. The van der Waals surface area contributed by atoms with Gasteiger partial charge < -0.3 is 5.32 Å². The number of fused-ring (bicyclic) bond motifs is 1. The van der Waals surface area contributed by atoms with Gasteiger partial charge in [0.1, 0.15) is 0 Å². The van der Waals surface area contributed by atoms with Crippen LogP contribution in [0.4, 0.5) is 0 Å². The lowest BCUT2D eigenvalue weighted by atomic mass is 10.1. The van der Waals surface area contributed by atoms with Crippen LogP contribution in [0.2, 0.25) is 0 Å². The number of hydrogen-bond acceptors (Lipinski definition) is 5. The molecule has 6 nitrogen and oxygen atoms in total. The molecule has 1 amide bonds. The average molecular weight is 335 g/mol. The van der Waals surface area contributed by atoms with Crippen LogP contribution in [0, 0.1) is 0 Å². The highest BCUT2D eigenvalue weighted by Gasteiger charge is 2.13. The number of rotatable bonds is 3. The second kappa shape index (κ2) is 5.86. The van der Waals surface area contributed by atoms with Gasteiger partial charge in [0, 0.05) is 25.0 Å². The van der Waals surface area contributed by atoms with E-state index in [1.165, 1.54) is 0 Å². The number of carbonyl (C=O) groups is 1. The van der Waals surface area contributed by atoms with Gasteiger partial charge in [-0.05, 0) is 29.6 Å². The van der Waals surface area contributed by atoms with E-state index in [0.29, 0.717) is 16.9 Å². The van der Waals surface area contributed by atoms with Crippen molar-refractivity contribution in [2.75, 3.05) is 7.05 Å². The van der Waals surface area contributed by atoms with E-state index in [4.69, 9.17) is 4.98 Å². The Morgan fingerprint density at radius 3 is 2.96 bits per heavy atom. The Kier molecular flexibility index (Phi) is 3.55. The summed E-state index contributed by atoms with van der Waals surface area (Å²) in [6, 6.07) is 9.39. The van der Waals surface area contributed by atoms with Crippen molar-refractivity contribution >= 4 is 22.9 Å². The first kappa shape index (κ1) is 14.5. The number of pyridine rings is 1. The SMILES string of the molecule is CNC(=O)c1ccnc(-c2cnn3ccc(-c4cccs4)nc23)c1. The molecule has 0 bridgehead atoms. The van der Waals surface area contributed by atoms with E-state index >= 15 is 0 Å². The minimum Gasteiger partial charge on any atom is -0.355 e. The highest BCUT2D eigenvalue weighted by Crippen LogP contribution is 2.27. The van der Waals surface area contributed by atoms with Crippen LogP contribution in [-0.4, -0.2) is 32.5 Å². The van der Waals surface area contributed by atoms with Gasteiger partial charge in [-0.3, -0.25) is 9.78 Å². The summed E-state index contributed by atoms with van der Waals surface area (Å²) < 4.78 is 1.71. The summed E-state index contributed by atoms with van der Waals surface area (Å²) in [5.41, 5.74) is 3.61. The molecule has 1 N–H and O–H groups in total. The molecule has 0 spiro atoms. The molecule has 4 rings (SSSR count). The maximum atomic E-state index is 11.8. The Bertz CT molecular complexity index is 1020. The van der Waals surface area contributed by atoms with E-state index in [1.807, 2.05) is 29.8 Å². The number of nitrogens with zero attached hydrogens (tertiary/aromatic N) is 4. The van der Waals surface area contributed by atoms with Gasteiger partial charge in [0.05, 0.1) is 28.0 Å². The number of carbonyl (C=O) groups excluding carboxylic acids is 1. The summed E-state index contributed by atoms with van der Waals surface area (Å²) in [4.78, 5) is 22.0. The van der Waals surface area contributed by atoms with Crippen LogP contribution in [-0.2, 0) is 0 Å². The Morgan fingerprint density at radius 2 is 2.17 bits per heavy atom. The minimum atomic E-state index is -0.151. The van der Waals surface area contributed by atoms with Crippen molar-refractivity contribution in [2.45, 2.75) is 0 Å². The first-order valence-electron chi connectivity index (χ1n) is 7.33. The fourth-order valence-corrected chi connectivity index (χ4v) is 3.17. The molecule has 0 radical (unpaired) electrons. The van der Waals surface area contributed by atoms with Crippen LogP contribution < -0.4 is 5.32 Å². The molecule has 0 saturated heterocycles. The molecule has 0 aliphatic rings. The van der Waals surface area contributed by atoms with E-state index in [0.717, 1.165) is 16.1 Å². The molecule has 0 aliphatic heterocycles. The van der Waals surface area contributed by atoms with Crippen LogP contribution in [0.5, 0.6) is 0 Å². The summed E-state index contributed by atoms with van der Waals surface area (Å²) in [5.74, 6) is -0.151. The summed E-state index contributed by atoms with van der Waals surface area (Å²) in [6.07, 6.45) is 5.21. The normalized spacial score (nSPS) is 10.9. The fraction of sp³-hybridized carbons (Fsp3) is 0.0588. The van der Waals surface area contributed by atoms with Gasteiger partial charge in [-0.15, -0.1) is 11.3 Å². The molecular weight excluding hydrogens is 322 g/mol. The molecule has 0 aromatic carbocycles. The lowest BCUT2D eigenvalue weighted by Gasteiger charge is -2.03. The van der Waals surface area contributed by atoms with Crippen molar-refractivity contribution < 1.29 is 4.79 Å². The Labute approximate surface area is 141 Å². The Hall–Kier alpha value is -3.06. The largest absolute Gasteiger partial charge is 0.355 e. The summed E-state index contributed by atoms with van der Waals surface area (Å²) in [6.45, 7) is 0. The second-order valence-corrected chi connectivity index (χ2v) is 6.07. The third-order valence-electron chi connectivity index (χ3n) is 3.67. The monoisotopic (exact) mass is 335 g/mol. The zero-order valence-corrected chi connectivity index (χ0v) is 13.6. The molecule has 0 aliphatic carbocycles. The van der Waals surface area contributed by atoms with Crippen molar-refractivity contribution in [3.8, 4) is 21.8 Å². The van der Waals surface area contributed by atoms with Crippen LogP contribution in [0.1, 0.15) is 10.4 Å². The molecule has 4 heterocycles. The topological polar surface area (TPSA) is 72.2 Å². The Morgan fingerprint density at radius 1 is 1.25 bits per heavy atom. The predicted octanol–water partition coefficient (Wildman–Crippen LogP) is 2.88. The minimum absolute atomic E-state index is 0.151. The number of aromatic nitrogens is 4. The van der Waals surface area contributed by atoms with Crippen molar-refractivity contribution in [1.29, 1.82) is 0 Å². The average Bonchev–Trinajstić information content (AvgIpc) is 3.30. The summed E-state index contributed by atoms with van der Waals surface area (Å²) in [5, 5.41) is 8.97. The lowest BCUT2D eigenvalue weighted by Crippen LogP contribution is -2.17. The van der Waals surface area contributed by atoms with E-state index in [2.05, 4.69) is 15.4 Å². The van der Waals surface area contributed by atoms with Crippen LogP contribution in [0.15, 0.2) is 54.3 Å². The highest BCUT2D eigenvalue weighted by molar-refractivity contribution is 7.13. The standard InChI is InChI=1S/C17H13N5OS/c1-18-17(23)11-4-6-19-14(9-11)12-10-20-22-7-5-13(21-16(12)22)15-3-2-8-24-15/h2-10H,1H3,(H,18,23). The van der Waals surface area contributed by atoms with E-state index in [-0.39, 0.29) is 5.91 Å². The molecule has 4 aromatic rings. The molecule has 118 valence electrons. The molecule has 0 saturated carbocycles. The number of thiophene rings is 1. The second-order valence-electron chi connectivity index (χ2n) is 5.13. The molecule has 0 atom stereocenters. The van der Waals surface area contributed by atoms with Gasteiger partial charge in [-0.2, -0.15) is 5.10 Å². The van der Waals surface area contributed by atoms with E-state index < -0.39 is 0 Å². The smallest absolute Gasteiger partial charge is 0.251 e. The zero-order valence-electron chi connectivity index (χ0n) is 12.8. The summed E-state index contributed by atoms with van der Waals surface area (Å²) in [7, 11) is 1.60. The first-order chi connectivity index (χ1) is 11.8. The van der Waals surface area contributed by atoms with Gasteiger partial charge >= 0.3 is 0 Å². The van der Waals surface area contributed by atoms with Gasteiger partial charge in [0.25, 0.3) is 5.91 Å². The predicted molar refractivity (Wildman–Crippen MR) is 92.9 cm³/mol. The van der Waals surface area contributed by atoms with Crippen molar-refractivity contribution in [3.05, 3.63) is 59.9 Å². The number of hydrogen-bond donors (Lipinski definition) is 1. The van der Waals surface area contributed by atoms with Crippen LogP contribution in [0.3, 0.4) is 0 Å². The first-order valence-corrected chi connectivity index (χ1v) is 8.21. The van der Waals surface area contributed by atoms with E-state index in [9.17, 15) is 4.79 Å². The molecule has 4 aromatic heterocycles. The third kappa shape index (κ3) is 2.44. The van der Waals surface area contributed by atoms with E-state index in [1.54, 1.807) is 47.4 Å². The summed E-state index contributed by atoms with van der Waals surface area (Å²) >= 11 is 1.64. The van der Waals surface area contributed by atoms with Crippen molar-refractivity contribution in [1.82, 2.24) is 24.9 Å². The van der Waals surface area contributed by atoms with Gasteiger partial charge in [-0.25, -0.2) is 9.50 Å². The molecule has 7 heteroatoms. The fourth-order valence-electron chi connectivity index (χ4n) is 2.47. The zero-order chi connectivity index (χ0) is 16.5. The van der Waals surface area contributed by atoms with Crippen molar-refractivity contribution in [2.24, 2.45) is 0 Å². The third-order valence-corrected chi connectivity index (χ3v) is 4.56. The van der Waals surface area contributed by atoms with Crippen LogP contribution in [0.25, 0.3) is 27.5 Å². The quantitative estimate of drug-likeness (QED) is 0.625. The van der Waals surface area contributed by atoms with Crippen molar-refractivity contribution in [3.63, 3.8) is 0 Å². The van der Waals surface area contributed by atoms with Gasteiger partial charge in [-0.1, -0.05) is 6.07 Å². The molecule has 0 fully saturated rings. The lowest BCUT2D eigenvalue weighted by molar-refractivity contribution is 0.0963. The molecule has 0 unspecified atom stereocenters. The van der Waals surface area contributed by atoms with Gasteiger partial charge in [0.15, 0.2) is 5.65 Å². The number of nitrogens with one attached hydrogen (secondary N) is 1. The maximum absolute atomic E-state index is 11.8.